The molecule has 0 radical (unpaired) electrons. The van der Waals surface area contributed by atoms with E-state index < -0.39 is 90.3 Å². The lowest BCUT2D eigenvalue weighted by atomic mass is 10.1. The molecule has 1 aromatic carbocycles. The standard InChI is InChI=1S/C20H18ClF7N4O2/c21-15-9(23)1-2-11-14(15)16(25)17(29-11)19(33)31-5-10(24)12(6-31)32(20(28)34)7-13(18(26)27)30-3-8(22)4-30/h1-2,8,10,12-13,18,29H,3-7H2/t10-,12+,13?/m1/s1. The van der Waals surface area contributed by atoms with Crippen LogP contribution in [-0.4, -0.2) is 95.3 Å². The molecule has 4 rings (SSSR count). The summed E-state index contributed by atoms with van der Waals surface area (Å²) in [5, 5.41) is -0.958. The fourth-order valence-corrected chi connectivity index (χ4v) is 4.56. The molecule has 1 aromatic heterocycles. The minimum atomic E-state index is -3.07. The van der Waals surface area contributed by atoms with E-state index in [1.54, 1.807) is 0 Å². The molecule has 3 heterocycles. The summed E-state index contributed by atoms with van der Waals surface area (Å²) in [5.41, 5.74) is -0.658. The van der Waals surface area contributed by atoms with E-state index in [-0.39, 0.29) is 23.5 Å². The average Bonchev–Trinajstić information content (AvgIpc) is 3.29. The Morgan fingerprint density at radius 2 is 1.82 bits per heavy atom. The molecule has 0 bridgehead atoms. The highest BCUT2D eigenvalue weighted by molar-refractivity contribution is 6.35. The molecule has 2 aliphatic rings. The van der Waals surface area contributed by atoms with Gasteiger partial charge in [-0.15, -0.1) is 4.39 Å². The molecule has 186 valence electrons. The highest BCUT2D eigenvalue weighted by Gasteiger charge is 2.45. The number of amides is 2. The Kier molecular flexibility index (Phi) is 6.69. The van der Waals surface area contributed by atoms with Crippen molar-refractivity contribution in [2.75, 3.05) is 32.7 Å². The molecule has 2 saturated heterocycles. The first-order valence-electron chi connectivity index (χ1n) is 10.2. The molecule has 0 aliphatic carbocycles. The number of carbonyl (C=O) groups is 2. The number of halogens is 8. The van der Waals surface area contributed by atoms with Crippen LogP contribution in [0.5, 0.6) is 0 Å². The van der Waals surface area contributed by atoms with Crippen LogP contribution < -0.4 is 0 Å². The topological polar surface area (TPSA) is 59.7 Å². The number of hydrogen-bond acceptors (Lipinski definition) is 3. The first-order valence-corrected chi connectivity index (χ1v) is 10.6. The molecule has 0 spiro atoms. The van der Waals surface area contributed by atoms with Crippen molar-refractivity contribution in [3.63, 3.8) is 0 Å². The van der Waals surface area contributed by atoms with Gasteiger partial charge < -0.3 is 14.8 Å². The molecule has 14 heteroatoms. The van der Waals surface area contributed by atoms with E-state index in [1.807, 2.05) is 0 Å². The zero-order valence-corrected chi connectivity index (χ0v) is 18.0. The molecule has 1 unspecified atom stereocenters. The maximum atomic E-state index is 14.8. The molecule has 2 aliphatic heterocycles. The van der Waals surface area contributed by atoms with Crippen LogP contribution in [0.2, 0.25) is 5.02 Å². The highest BCUT2D eigenvalue weighted by Crippen LogP contribution is 2.32. The second-order valence-corrected chi connectivity index (χ2v) is 8.63. The average molecular weight is 515 g/mol. The maximum absolute atomic E-state index is 14.8. The lowest BCUT2D eigenvalue weighted by Crippen LogP contribution is -2.61. The molecule has 34 heavy (non-hydrogen) atoms. The SMILES string of the molecule is O=C(c1[nH]c2ccc(F)c(Cl)c2c1F)N1C[C@@H](F)[C@@H](N(CC(C(F)F)N2CC(F)C2)C(=O)F)C1. The Hall–Kier alpha value is -2.54. The zero-order chi connectivity index (χ0) is 24.9. The summed E-state index contributed by atoms with van der Waals surface area (Å²) in [4.78, 5) is 28.9. The summed E-state index contributed by atoms with van der Waals surface area (Å²) in [6.45, 7) is -2.89. The molecule has 2 amide bonds. The van der Waals surface area contributed by atoms with Crippen molar-refractivity contribution >= 4 is 34.6 Å². The highest BCUT2D eigenvalue weighted by atomic mass is 35.5. The van der Waals surface area contributed by atoms with Crippen LogP contribution in [0.15, 0.2) is 12.1 Å². The fourth-order valence-electron chi connectivity index (χ4n) is 4.32. The van der Waals surface area contributed by atoms with Crippen molar-refractivity contribution in [3.05, 3.63) is 34.5 Å². The number of rotatable bonds is 6. The van der Waals surface area contributed by atoms with E-state index in [4.69, 9.17) is 11.6 Å². The van der Waals surface area contributed by atoms with Gasteiger partial charge in [0.25, 0.3) is 12.3 Å². The number of likely N-dealkylation sites (tertiary alicyclic amines) is 2. The molecule has 6 nitrogen and oxygen atoms in total. The van der Waals surface area contributed by atoms with Gasteiger partial charge >= 0.3 is 6.16 Å². The largest absolute Gasteiger partial charge is 0.400 e. The van der Waals surface area contributed by atoms with Gasteiger partial charge in [-0.3, -0.25) is 9.69 Å². The lowest BCUT2D eigenvalue weighted by Gasteiger charge is -2.42. The van der Waals surface area contributed by atoms with E-state index in [0.29, 0.717) is 0 Å². The first-order chi connectivity index (χ1) is 16.0. The maximum Gasteiger partial charge on any atom is 0.400 e. The molecule has 3 atom stereocenters. The summed E-state index contributed by atoms with van der Waals surface area (Å²) in [6.07, 6.45) is -8.63. The van der Waals surface area contributed by atoms with Crippen LogP contribution in [0.1, 0.15) is 10.5 Å². The number of hydrogen-bond donors (Lipinski definition) is 1. The number of fused-ring (bicyclic) bond motifs is 1. The van der Waals surface area contributed by atoms with E-state index in [0.717, 1.165) is 21.9 Å². The van der Waals surface area contributed by atoms with Crippen LogP contribution in [0.4, 0.5) is 35.5 Å². The summed E-state index contributed by atoms with van der Waals surface area (Å²) >= 11 is 5.76. The number of benzene rings is 1. The van der Waals surface area contributed by atoms with Gasteiger partial charge in [-0.1, -0.05) is 11.6 Å². The molecule has 1 N–H and O–H groups in total. The van der Waals surface area contributed by atoms with Crippen molar-refractivity contribution in [2.45, 2.75) is 30.9 Å². The monoisotopic (exact) mass is 514 g/mol. The third kappa shape index (κ3) is 4.30. The second-order valence-electron chi connectivity index (χ2n) is 8.25. The molecular weight excluding hydrogens is 497 g/mol. The number of aromatic nitrogens is 1. The van der Waals surface area contributed by atoms with Gasteiger partial charge in [0, 0.05) is 26.2 Å². The normalized spacial score (nSPS) is 22.4. The number of alkyl halides is 4. The Balaban J connectivity index is 1.54. The van der Waals surface area contributed by atoms with E-state index >= 15 is 0 Å². The number of nitrogens with one attached hydrogen (secondary N) is 1. The van der Waals surface area contributed by atoms with Gasteiger partial charge in [0.15, 0.2) is 5.82 Å². The quantitative estimate of drug-likeness (QED) is 0.361. The summed E-state index contributed by atoms with van der Waals surface area (Å²) in [6, 6.07) is -1.26. The number of nitrogens with zero attached hydrogens (tertiary/aromatic N) is 3. The predicted molar refractivity (Wildman–Crippen MR) is 107 cm³/mol. The van der Waals surface area contributed by atoms with Gasteiger partial charge in [-0.2, -0.15) is 0 Å². The van der Waals surface area contributed by atoms with Crippen molar-refractivity contribution in [1.29, 1.82) is 0 Å². The van der Waals surface area contributed by atoms with Crippen LogP contribution in [0.25, 0.3) is 10.9 Å². The third-order valence-electron chi connectivity index (χ3n) is 6.15. The Labute approximate surface area is 193 Å². The summed E-state index contributed by atoms with van der Waals surface area (Å²) in [7, 11) is 0. The molecule has 2 fully saturated rings. The van der Waals surface area contributed by atoms with Gasteiger partial charge in [0.05, 0.1) is 34.6 Å². The van der Waals surface area contributed by atoms with Crippen molar-refractivity contribution in [2.24, 2.45) is 0 Å². The van der Waals surface area contributed by atoms with Crippen LogP contribution in [0.3, 0.4) is 0 Å². The minimum Gasteiger partial charge on any atom is -0.348 e. The van der Waals surface area contributed by atoms with Gasteiger partial charge in [-0.25, -0.2) is 31.1 Å². The van der Waals surface area contributed by atoms with Crippen LogP contribution in [-0.2, 0) is 0 Å². The smallest absolute Gasteiger partial charge is 0.348 e. The van der Waals surface area contributed by atoms with Crippen LogP contribution in [0, 0.1) is 11.6 Å². The number of aromatic amines is 1. The molecule has 2 aromatic rings. The van der Waals surface area contributed by atoms with Crippen molar-refractivity contribution in [3.8, 4) is 0 Å². The number of carbonyl (C=O) groups excluding carboxylic acids is 2. The summed E-state index contributed by atoms with van der Waals surface area (Å²) < 4.78 is 97.1. The van der Waals surface area contributed by atoms with E-state index in [2.05, 4.69) is 4.98 Å². The Morgan fingerprint density at radius 1 is 1.15 bits per heavy atom. The first kappa shape index (κ1) is 24.6. The van der Waals surface area contributed by atoms with Crippen molar-refractivity contribution in [1.82, 2.24) is 19.7 Å². The third-order valence-corrected chi connectivity index (χ3v) is 6.52. The predicted octanol–water partition coefficient (Wildman–Crippen LogP) is 3.94. The molecule has 0 saturated carbocycles. The second kappa shape index (κ2) is 9.25. The lowest BCUT2D eigenvalue weighted by molar-refractivity contribution is -0.0551. The van der Waals surface area contributed by atoms with Crippen LogP contribution >= 0.6 is 11.6 Å². The number of H-pyrrole nitrogens is 1. The minimum absolute atomic E-state index is 0.000785. The van der Waals surface area contributed by atoms with Gasteiger partial charge in [-0.05, 0) is 12.1 Å². The van der Waals surface area contributed by atoms with E-state index in [9.17, 15) is 40.3 Å². The van der Waals surface area contributed by atoms with Gasteiger partial charge in [0.1, 0.15) is 23.9 Å². The van der Waals surface area contributed by atoms with E-state index in [1.165, 1.54) is 0 Å². The Morgan fingerprint density at radius 3 is 2.41 bits per heavy atom. The fraction of sp³-hybridized carbons (Fsp3) is 0.500. The molecular formula is C20H18ClF7N4O2. The Bertz CT molecular complexity index is 1110. The summed E-state index contributed by atoms with van der Waals surface area (Å²) in [5.74, 6) is -3.18. The van der Waals surface area contributed by atoms with Gasteiger partial charge in [0.2, 0.25) is 0 Å². The van der Waals surface area contributed by atoms with Crippen molar-refractivity contribution < 1.29 is 40.3 Å². The zero-order valence-electron chi connectivity index (χ0n) is 17.3.